The van der Waals surface area contributed by atoms with Gasteiger partial charge in [-0.1, -0.05) is 30.3 Å². The van der Waals surface area contributed by atoms with Crippen LogP contribution in [0.15, 0.2) is 42.5 Å². The van der Waals surface area contributed by atoms with E-state index in [4.69, 9.17) is 5.73 Å². The van der Waals surface area contributed by atoms with Crippen molar-refractivity contribution in [3.05, 3.63) is 57.4 Å². The number of aryl methyl sites for hydroxylation is 1. The maximum absolute atomic E-state index is 13.5. The smallest absolute Gasteiger partial charge is 0.153 e. The summed E-state index contributed by atoms with van der Waals surface area (Å²) >= 11 is 2.30. The highest BCUT2D eigenvalue weighted by Gasteiger charge is 2.17. The molecule has 3 N–H and O–H groups in total. The topological polar surface area (TPSA) is 54.7 Å². The Bertz CT molecular complexity index is 811. The number of rotatable bonds is 2. The number of nitrogens with one attached hydrogen (secondary N) is 1. The molecule has 0 bridgehead atoms. The van der Waals surface area contributed by atoms with Crippen molar-refractivity contribution in [2.24, 2.45) is 0 Å². The summed E-state index contributed by atoms with van der Waals surface area (Å²) in [5, 5.41) is 7.07. The van der Waals surface area contributed by atoms with E-state index >= 15 is 0 Å². The Morgan fingerprint density at radius 3 is 2.71 bits per heavy atom. The Labute approximate surface area is 135 Å². The zero-order valence-corrected chi connectivity index (χ0v) is 13.5. The molecule has 3 aromatic rings. The van der Waals surface area contributed by atoms with E-state index in [9.17, 15) is 4.39 Å². The van der Waals surface area contributed by atoms with E-state index in [-0.39, 0.29) is 5.82 Å². The Hall–Kier alpha value is -1.89. The van der Waals surface area contributed by atoms with Gasteiger partial charge < -0.3 is 5.73 Å². The van der Waals surface area contributed by atoms with Gasteiger partial charge in [0.15, 0.2) is 5.82 Å². The molecule has 0 fully saturated rings. The molecule has 0 aliphatic rings. The molecule has 5 heteroatoms. The lowest BCUT2D eigenvalue weighted by Gasteiger charge is -2.08. The fourth-order valence-corrected chi connectivity index (χ4v) is 2.96. The lowest BCUT2D eigenvalue weighted by Crippen LogP contribution is -1.91. The molecule has 106 valence electrons. The van der Waals surface area contributed by atoms with Gasteiger partial charge in [-0.15, -0.1) is 0 Å². The summed E-state index contributed by atoms with van der Waals surface area (Å²) in [7, 11) is 0. The van der Waals surface area contributed by atoms with Crippen molar-refractivity contribution in [2.75, 3.05) is 5.73 Å². The lowest BCUT2D eigenvalue weighted by atomic mass is 10.00. The fraction of sp³-hybridized carbons (Fsp3) is 0.0625. The highest BCUT2D eigenvalue weighted by Crippen LogP contribution is 2.37. The van der Waals surface area contributed by atoms with E-state index in [1.165, 1.54) is 17.7 Å². The second-order valence-electron chi connectivity index (χ2n) is 4.81. The molecule has 3 rings (SSSR count). The molecular weight excluding hydrogens is 380 g/mol. The molecule has 0 spiro atoms. The molecule has 0 saturated heterocycles. The molecule has 0 saturated carbocycles. The number of H-pyrrole nitrogens is 1. The van der Waals surface area contributed by atoms with Crippen molar-refractivity contribution in [1.29, 1.82) is 0 Å². The number of hydrogen-bond acceptors (Lipinski definition) is 2. The first-order valence-corrected chi connectivity index (χ1v) is 7.51. The van der Waals surface area contributed by atoms with Crippen LogP contribution in [0.25, 0.3) is 22.4 Å². The molecule has 3 nitrogen and oxygen atoms in total. The zero-order valence-electron chi connectivity index (χ0n) is 11.3. The summed E-state index contributed by atoms with van der Waals surface area (Å²) in [6, 6.07) is 12.4. The van der Waals surface area contributed by atoms with Gasteiger partial charge in [0.2, 0.25) is 0 Å². The number of nitrogens with two attached hydrogens (primary N) is 1. The molecule has 0 aliphatic heterocycles. The third-order valence-electron chi connectivity index (χ3n) is 3.37. The van der Waals surface area contributed by atoms with Crippen LogP contribution in [0.3, 0.4) is 0 Å². The minimum atomic E-state index is -0.294. The van der Waals surface area contributed by atoms with Crippen LogP contribution in [-0.4, -0.2) is 10.2 Å². The molecule has 21 heavy (non-hydrogen) atoms. The average molecular weight is 393 g/mol. The van der Waals surface area contributed by atoms with E-state index in [0.29, 0.717) is 11.4 Å². The van der Waals surface area contributed by atoms with Crippen molar-refractivity contribution >= 4 is 28.4 Å². The summed E-state index contributed by atoms with van der Waals surface area (Å²) in [6.07, 6.45) is 0. The van der Waals surface area contributed by atoms with Gasteiger partial charge in [-0.25, -0.2) is 4.39 Å². The Kier molecular flexibility index (Phi) is 3.67. The van der Waals surface area contributed by atoms with Gasteiger partial charge in [0.05, 0.1) is 11.3 Å². The van der Waals surface area contributed by atoms with Crippen molar-refractivity contribution in [1.82, 2.24) is 10.2 Å². The van der Waals surface area contributed by atoms with Crippen LogP contribution < -0.4 is 5.73 Å². The maximum Gasteiger partial charge on any atom is 0.153 e. The van der Waals surface area contributed by atoms with Crippen LogP contribution in [0.4, 0.5) is 10.2 Å². The number of halogens is 2. The van der Waals surface area contributed by atoms with Gasteiger partial charge in [0.25, 0.3) is 0 Å². The zero-order chi connectivity index (χ0) is 15.0. The monoisotopic (exact) mass is 393 g/mol. The van der Waals surface area contributed by atoms with Gasteiger partial charge in [-0.3, -0.25) is 5.10 Å². The minimum Gasteiger partial charge on any atom is -0.382 e. The number of anilines is 1. The number of aromatic nitrogens is 2. The first kappa shape index (κ1) is 14.1. The van der Waals surface area contributed by atoms with Crippen molar-refractivity contribution in [3.8, 4) is 22.4 Å². The summed E-state index contributed by atoms with van der Waals surface area (Å²) in [5.74, 6) is 0.0749. The van der Waals surface area contributed by atoms with Crippen LogP contribution >= 0.6 is 22.6 Å². The van der Waals surface area contributed by atoms with E-state index in [1.807, 2.05) is 31.2 Å². The second kappa shape index (κ2) is 5.48. The van der Waals surface area contributed by atoms with E-state index in [1.54, 1.807) is 6.07 Å². The van der Waals surface area contributed by atoms with Gasteiger partial charge in [0, 0.05) is 9.13 Å². The van der Waals surface area contributed by atoms with Crippen molar-refractivity contribution in [2.45, 2.75) is 6.92 Å². The summed E-state index contributed by atoms with van der Waals surface area (Å²) in [4.78, 5) is 0. The van der Waals surface area contributed by atoms with Gasteiger partial charge >= 0.3 is 0 Å². The first-order chi connectivity index (χ1) is 10.1. The van der Waals surface area contributed by atoms with Crippen LogP contribution in [0.5, 0.6) is 0 Å². The molecule has 1 aromatic heterocycles. The number of aromatic amines is 1. The summed E-state index contributed by atoms with van der Waals surface area (Å²) in [5.41, 5.74) is 10.4. The predicted molar refractivity (Wildman–Crippen MR) is 91.3 cm³/mol. The van der Waals surface area contributed by atoms with E-state index in [0.717, 1.165) is 20.4 Å². The Balaban J connectivity index is 2.24. The summed E-state index contributed by atoms with van der Waals surface area (Å²) < 4.78 is 14.6. The highest BCUT2D eigenvalue weighted by molar-refractivity contribution is 14.1. The standard InChI is InChI=1S/C16H13FIN3/c1-9-4-2-7-12(14(9)18)15-13(16(19)21-20-15)10-5-3-6-11(17)8-10/h2-8H,1H3,(H3,19,20,21). The van der Waals surface area contributed by atoms with E-state index < -0.39 is 0 Å². The second-order valence-corrected chi connectivity index (χ2v) is 5.88. The van der Waals surface area contributed by atoms with Crippen LogP contribution in [-0.2, 0) is 0 Å². The molecule has 0 amide bonds. The third-order valence-corrected chi connectivity index (χ3v) is 4.80. The normalized spacial score (nSPS) is 10.8. The lowest BCUT2D eigenvalue weighted by molar-refractivity contribution is 0.628. The Morgan fingerprint density at radius 2 is 1.95 bits per heavy atom. The largest absolute Gasteiger partial charge is 0.382 e. The molecule has 2 aromatic carbocycles. The maximum atomic E-state index is 13.5. The van der Waals surface area contributed by atoms with Crippen molar-refractivity contribution in [3.63, 3.8) is 0 Å². The predicted octanol–water partition coefficient (Wildman–Crippen LogP) is 4.38. The number of nitrogen functional groups attached to an aromatic ring is 1. The third kappa shape index (κ3) is 2.53. The van der Waals surface area contributed by atoms with Crippen LogP contribution in [0.2, 0.25) is 0 Å². The minimum absolute atomic E-state index is 0.294. The van der Waals surface area contributed by atoms with Crippen LogP contribution in [0, 0.1) is 16.3 Å². The number of benzene rings is 2. The SMILES string of the molecule is Cc1cccc(-c2[nH]nc(N)c2-c2cccc(F)c2)c1I. The van der Waals surface area contributed by atoms with Crippen molar-refractivity contribution < 1.29 is 4.39 Å². The quantitative estimate of drug-likeness (QED) is 0.635. The van der Waals surface area contributed by atoms with E-state index in [2.05, 4.69) is 32.8 Å². The molecular formula is C16H13FIN3. The summed E-state index contributed by atoms with van der Waals surface area (Å²) in [6.45, 7) is 2.05. The average Bonchev–Trinajstić information content (AvgIpc) is 2.83. The molecule has 0 radical (unpaired) electrons. The number of hydrogen-bond donors (Lipinski definition) is 2. The fourth-order valence-electron chi connectivity index (χ4n) is 2.33. The molecule has 0 unspecified atom stereocenters. The highest BCUT2D eigenvalue weighted by atomic mass is 127. The molecule has 0 aliphatic carbocycles. The molecule has 1 heterocycles. The van der Waals surface area contributed by atoms with Gasteiger partial charge in [-0.05, 0) is 52.8 Å². The molecule has 0 atom stereocenters. The first-order valence-electron chi connectivity index (χ1n) is 6.43. The van der Waals surface area contributed by atoms with Gasteiger partial charge in [-0.2, -0.15) is 5.10 Å². The Morgan fingerprint density at radius 1 is 1.19 bits per heavy atom. The van der Waals surface area contributed by atoms with Crippen LogP contribution in [0.1, 0.15) is 5.56 Å². The van der Waals surface area contributed by atoms with Gasteiger partial charge in [0.1, 0.15) is 5.82 Å². The number of nitrogens with zero attached hydrogens (tertiary/aromatic N) is 1.